The van der Waals surface area contributed by atoms with Gasteiger partial charge in [-0.2, -0.15) is 0 Å². The summed E-state index contributed by atoms with van der Waals surface area (Å²) in [5, 5.41) is 6.99. The maximum absolute atomic E-state index is 12.3. The van der Waals surface area contributed by atoms with Crippen LogP contribution in [0.25, 0.3) is 10.2 Å². The molecule has 0 saturated heterocycles. The van der Waals surface area contributed by atoms with Crippen molar-refractivity contribution in [3.8, 4) is 5.75 Å². The predicted molar refractivity (Wildman–Crippen MR) is 111 cm³/mol. The van der Waals surface area contributed by atoms with Gasteiger partial charge in [0.1, 0.15) is 5.75 Å². The highest BCUT2D eigenvalue weighted by Gasteiger charge is 2.11. The highest BCUT2D eigenvalue weighted by atomic mass is 35.5. The average molecular weight is 406 g/mol. The zero-order valence-electron chi connectivity index (χ0n) is 14.1. The number of halogens is 1. The monoisotopic (exact) mass is 405 g/mol. The van der Waals surface area contributed by atoms with Gasteiger partial charge in [0.15, 0.2) is 10.2 Å². The number of thiocarbonyl (C=S) groups is 1. The van der Waals surface area contributed by atoms with Gasteiger partial charge in [-0.3, -0.25) is 10.1 Å². The number of carbonyl (C=O) groups is 1. The minimum atomic E-state index is -0.303. The lowest BCUT2D eigenvalue weighted by Gasteiger charge is -2.10. The summed E-state index contributed by atoms with van der Waals surface area (Å²) in [6, 6.07) is 12.3. The lowest BCUT2D eigenvalue weighted by molar-refractivity contribution is 0.0977. The van der Waals surface area contributed by atoms with Crippen molar-refractivity contribution in [3.63, 3.8) is 0 Å². The molecule has 0 unspecified atom stereocenters. The van der Waals surface area contributed by atoms with Gasteiger partial charge in [-0.25, -0.2) is 4.98 Å². The Morgan fingerprint density at radius 1 is 1.23 bits per heavy atom. The third-order valence-electron chi connectivity index (χ3n) is 3.29. The van der Waals surface area contributed by atoms with Crippen molar-refractivity contribution >= 4 is 61.5 Å². The number of nitrogens with one attached hydrogen (secondary N) is 2. The number of hydrogen-bond donors (Lipinski definition) is 2. The van der Waals surface area contributed by atoms with Crippen LogP contribution in [0.3, 0.4) is 0 Å². The lowest BCUT2D eigenvalue weighted by atomic mass is 10.2. The first-order chi connectivity index (χ1) is 12.4. The molecular weight excluding hydrogens is 390 g/mol. The minimum absolute atomic E-state index is 0.0788. The third-order valence-corrected chi connectivity index (χ3v) is 4.66. The highest BCUT2D eigenvalue weighted by Crippen LogP contribution is 2.28. The number of anilines is 1. The van der Waals surface area contributed by atoms with Gasteiger partial charge in [0.25, 0.3) is 5.91 Å². The van der Waals surface area contributed by atoms with Crippen molar-refractivity contribution in [2.24, 2.45) is 0 Å². The second-order valence-corrected chi connectivity index (χ2v) is 7.61. The molecule has 0 aliphatic carbocycles. The fourth-order valence-electron chi connectivity index (χ4n) is 2.21. The second-order valence-electron chi connectivity index (χ2n) is 5.73. The first-order valence-corrected chi connectivity index (χ1v) is 9.46. The first-order valence-electron chi connectivity index (χ1n) is 7.86. The number of nitrogens with zero attached hydrogens (tertiary/aromatic N) is 1. The normalized spacial score (nSPS) is 10.8. The van der Waals surface area contributed by atoms with E-state index in [0.717, 1.165) is 10.2 Å². The van der Waals surface area contributed by atoms with Crippen LogP contribution >= 0.6 is 35.2 Å². The van der Waals surface area contributed by atoms with Gasteiger partial charge in [0.05, 0.1) is 16.3 Å². The molecule has 2 N–H and O–H groups in total. The molecular formula is C18H16ClN3O2S2. The van der Waals surface area contributed by atoms with Crippen molar-refractivity contribution in [2.75, 3.05) is 5.32 Å². The molecule has 26 heavy (non-hydrogen) atoms. The molecule has 3 rings (SSSR count). The summed E-state index contributed by atoms with van der Waals surface area (Å²) in [6.45, 7) is 3.89. The summed E-state index contributed by atoms with van der Waals surface area (Å²) in [5.41, 5.74) is 1.30. The van der Waals surface area contributed by atoms with E-state index in [2.05, 4.69) is 15.6 Å². The Morgan fingerprint density at radius 2 is 1.96 bits per heavy atom. The molecule has 0 atom stereocenters. The number of rotatable bonds is 4. The van der Waals surface area contributed by atoms with Gasteiger partial charge in [-0.1, -0.05) is 22.9 Å². The van der Waals surface area contributed by atoms with Crippen LogP contribution in [-0.2, 0) is 0 Å². The number of benzene rings is 2. The standard InChI is InChI=1S/C18H16ClN3O2S2/c1-10(2)24-13-6-3-11(4-7-13)16(23)21-17(25)22-18-20-14-8-5-12(19)9-15(14)26-18/h3-10H,1-2H3,(H2,20,21,22,23,25). The lowest BCUT2D eigenvalue weighted by Crippen LogP contribution is -2.34. The van der Waals surface area contributed by atoms with Crippen LogP contribution in [0.2, 0.25) is 5.02 Å². The van der Waals surface area contributed by atoms with Gasteiger partial charge in [0, 0.05) is 10.6 Å². The Morgan fingerprint density at radius 3 is 2.65 bits per heavy atom. The van der Waals surface area contributed by atoms with Crippen molar-refractivity contribution in [2.45, 2.75) is 20.0 Å². The maximum atomic E-state index is 12.3. The number of carbonyl (C=O) groups excluding carboxylic acids is 1. The zero-order valence-corrected chi connectivity index (χ0v) is 16.5. The number of ether oxygens (including phenoxy) is 1. The number of fused-ring (bicyclic) bond motifs is 1. The number of hydrogen-bond acceptors (Lipinski definition) is 5. The minimum Gasteiger partial charge on any atom is -0.491 e. The van der Waals surface area contributed by atoms with Crippen LogP contribution in [-0.4, -0.2) is 22.1 Å². The third kappa shape index (κ3) is 4.69. The van der Waals surface area contributed by atoms with Crippen LogP contribution in [0.1, 0.15) is 24.2 Å². The van der Waals surface area contributed by atoms with E-state index in [9.17, 15) is 4.79 Å². The van der Waals surface area contributed by atoms with E-state index in [0.29, 0.717) is 21.5 Å². The topological polar surface area (TPSA) is 63.2 Å². The fourth-order valence-corrected chi connectivity index (χ4v) is 3.61. The van der Waals surface area contributed by atoms with E-state index in [1.165, 1.54) is 11.3 Å². The number of aromatic nitrogens is 1. The largest absolute Gasteiger partial charge is 0.491 e. The van der Waals surface area contributed by atoms with E-state index in [1.54, 1.807) is 30.3 Å². The molecule has 5 nitrogen and oxygen atoms in total. The molecule has 134 valence electrons. The molecule has 3 aromatic rings. The van der Waals surface area contributed by atoms with Crippen LogP contribution in [0.15, 0.2) is 42.5 Å². The molecule has 1 aromatic heterocycles. The van der Waals surface area contributed by atoms with Gasteiger partial charge in [-0.15, -0.1) is 0 Å². The summed E-state index contributed by atoms with van der Waals surface area (Å²) in [6.07, 6.45) is 0.0788. The molecule has 0 saturated carbocycles. The number of amides is 1. The molecule has 0 aliphatic heterocycles. The van der Waals surface area contributed by atoms with E-state index in [-0.39, 0.29) is 17.1 Å². The molecule has 2 aromatic carbocycles. The van der Waals surface area contributed by atoms with Gasteiger partial charge < -0.3 is 10.1 Å². The smallest absolute Gasteiger partial charge is 0.257 e. The zero-order chi connectivity index (χ0) is 18.7. The van der Waals surface area contributed by atoms with Gasteiger partial charge >= 0.3 is 0 Å². The summed E-state index contributed by atoms with van der Waals surface area (Å²) >= 11 is 12.6. The van der Waals surface area contributed by atoms with Crippen LogP contribution < -0.4 is 15.4 Å². The molecule has 0 fully saturated rings. The Balaban J connectivity index is 1.62. The molecule has 0 spiro atoms. The summed E-state index contributed by atoms with van der Waals surface area (Å²) < 4.78 is 6.50. The Bertz CT molecular complexity index is 955. The quantitative estimate of drug-likeness (QED) is 0.606. The number of thiazole rings is 1. The van der Waals surface area contributed by atoms with Crippen molar-refractivity contribution in [1.29, 1.82) is 0 Å². The summed E-state index contributed by atoms with van der Waals surface area (Å²) in [5.74, 6) is 0.410. The van der Waals surface area contributed by atoms with E-state index in [4.69, 9.17) is 28.6 Å². The molecule has 8 heteroatoms. The summed E-state index contributed by atoms with van der Waals surface area (Å²) in [7, 11) is 0. The van der Waals surface area contributed by atoms with Gasteiger partial charge in [0.2, 0.25) is 0 Å². The SMILES string of the molecule is CC(C)Oc1ccc(C(=O)NC(=S)Nc2nc3ccc(Cl)cc3s2)cc1. The highest BCUT2D eigenvalue weighted by molar-refractivity contribution is 7.80. The molecule has 1 amide bonds. The van der Waals surface area contributed by atoms with E-state index in [1.807, 2.05) is 26.0 Å². The Kier molecular flexibility index (Phi) is 5.70. The Labute approximate surface area is 165 Å². The Hall–Kier alpha value is -2.22. The van der Waals surface area contributed by atoms with Crippen LogP contribution in [0, 0.1) is 0 Å². The molecule has 0 aliphatic rings. The average Bonchev–Trinajstić information content (AvgIpc) is 2.95. The summed E-state index contributed by atoms with van der Waals surface area (Å²) in [4.78, 5) is 16.7. The van der Waals surface area contributed by atoms with Crippen LogP contribution in [0.4, 0.5) is 5.13 Å². The van der Waals surface area contributed by atoms with E-state index < -0.39 is 0 Å². The van der Waals surface area contributed by atoms with Crippen molar-refractivity contribution in [3.05, 3.63) is 53.1 Å². The fraction of sp³-hybridized carbons (Fsp3) is 0.167. The second kappa shape index (κ2) is 7.99. The molecule has 0 bridgehead atoms. The van der Waals surface area contributed by atoms with Crippen LogP contribution in [0.5, 0.6) is 5.75 Å². The van der Waals surface area contributed by atoms with Crippen molar-refractivity contribution in [1.82, 2.24) is 10.3 Å². The molecule has 1 heterocycles. The predicted octanol–water partition coefficient (Wildman–Crippen LogP) is 4.86. The maximum Gasteiger partial charge on any atom is 0.257 e. The van der Waals surface area contributed by atoms with Gasteiger partial charge in [-0.05, 0) is 68.5 Å². The molecule has 0 radical (unpaired) electrons. The van der Waals surface area contributed by atoms with Crippen molar-refractivity contribution < 1.29 is 9.53 Å². The first kappa shape index (κ1) is 18.6. The van der Waals surface area contributed by atoms with E-state index >= 15 is 0 Å².